The lowest BCUT2D eigenvalue weighted by molar-refractivity contribution is -0.0864. The summed E-state index contributed by atoms with van der Waals surface area (Å²) in [4.78, 5) is 0. The number of hydrogen-bond donors (Lipinski definition) is 0. The molecular weight excluding hydrogens is 228 g/mol. The van der Waals surface area contributed by atoms with Crippen molar-refractivity contribution in [2.45, 2.75) is 66.2 Å². The molecule has 0 aliphatic heterocycles. The normalized spacial score (nSPS) is 50.2. The monoisotopic (exact) mass is 258 g/mol. The first-order valence-electron chi connectivity index (χ1n) is 8.26. The van der Waals surface area contributed by atoms with Gasteiger partial charge in [0.15, 0.2) is 0 Å². The molecule has 1 unspecified atom stereocenters. The third-order valence-electron chi connectivity index (χ3n) is 7.27. The van der Waals surface area contributed by atoms with Gasteiger partial charge in [0.25, 0.3) is 0 Å². The Morgan fingerprint density at radius 2 is 1.95 bits per heavy atom. The smallest absolute Gasteiger partial charge is 0.00420 e. The lowest BCUT2D eigenvalue weighted by Gasteiger charge is -2.61. The number of fused-ring (bicyclic) bond motifs is 3. The fraction of sp³-hybridized carbons (Fsp3) is 0.789. The molecular formula is C19H30. The van der Waals surface area contributed by atoms with E-state index >= 15 is 0 Å². The molecule has 0 amide bonds. The predicted octanol–water partition coefficient (Wildman–Crippen LogP) is 5.75. The molecule has 0 nitrogen and oxygen atoms in total. The van der Waals surface area contributed by atoms with E-state index in [4.69, 9.17) is 0 Å². The first-order chi connectivity index (χ1) is 8.89. The first-order valence-corrected chi connectivity index (χ1v) is 8.26. The summed E-state index contributed by atoms with van der Waals surface area (Å²) >= 11 is 0. The Labute approximate surface area is 119 Å². The van der Waals surface area contributed by atoms with Crippen LogP contribution in [-0.2, 0) is 0 Å². The summed E-state index contributed by atoms with van der Waals surface area (Å²) in [6, 6.07) is 0. The molecule has 3 aliphatic rings. The molecule has 0 bridgehead atoms. The van der Waals surface area contributed by atoms with Crippen LogP contribution in [0.1, 0.15) is 66.2 Å². The molecule has 0 heteroatoms. The maximum Gasteiger partial charge on any atom is -0.00420 e. The molecule has 0 saturated heterocycles. The highest BCUT2D eigenvalue weighted by atomic mass is 14.6. The van der Waals surface area contributed by atoms with Gasteiger partial charge in [-0.3, -0.25) is 0 Å². The van der Waals surface area contributed by atoms with Crippen LogP contribution in [0.4, 0.5) is 0 Å². The highest BCUT2D eigenvalue weighted by Gasteiger charge is 2.56. The molecule has 0 aromatic heterocycles. The second kappa shape index (κ2) is 4.24. The van der Waals surface area contributed by atoms with Gasteiger partial charge in [-0.15, -0.1) is 0 Å². The molecule has 0 spiro atoms. The minimum Gasteiger partial charge on any atom is -0.0950 e. The maximum absolute atomic E-state index is 4.47. The van der Waals surface area contributed by atoms with Crippen molar-refractivity contribution in [1.29, 1.82) is 0 Å². The van der Waals surface area contributed by atoms with Gasteiger partial charge in [-0.05, 0) is 66.8 Å². The first kappa shape index (κ1) is 13.5. The van der Waals surface area contributed by atoms with Crippen LogP contribution >= 0.6 is 0 Å². The van der Waals surface area contributed by atoms with E-state index in [-0.39, 0.29) is 0 Å². The van der Waals surface area contributed by atoms with E-state index in [1.165, 1.54) is 49.7 Å². The van der Waals surface area contributed by atoms with Gasteiger partial charge in [-0.25, -0.2) is 0 Å². The SMILES string of the molecule is C=C1C(C)=CC[C@H]2[C@@]1(C)CCC1[C@@H](C)CCC[C@@]12C. The standard InChI is InChI=1S/C19H30/c1-13-8-9-17-18(4,15(13)3)12-10-16-14(2)7-6-11-19(16,17)5/h8,14,16-17H,3,6-7,9-12H2,1-2,4-5H3/t14-,16?,17-,18-,19-/m0/s1. The van der Waals surface area contributed by atoms with Crippen molar-refractivity contribution in [2.75, 3.05) is 0 Å². The minimum absolute atomic E-state index is 0.376. The fourth-order valence-electron chi connectivity index (χ4n) is 6.00. The Kier molecular flexibility index (Phi) is 3.00. The van der Waals surface area contributed by atoms with E-state index in [1.54, 1.807) is 0 Å². The number of hydrogen-bond acceptors (Lipinski definition) is 0. The van der Waals surface area contributed by atoms with Gasteiger partial charge < -0.3 is 0 Å². The Bertz CT molecular complexity index is 429. The Morgan fingerprint density at radius 1 is 1.21 bits per heavy atom. The maximum atomic E-state index is 4.47. The third kappa shape index (κ3) is 1.71. The van der Waals surface area contributed by atoms with Crippen LogP contribution in [0.2, 0.25) is 0 Å². The van der Waals surface area contributed by atoms with Crippen molar-refractivity contribution in [1.82, 2.24) is 0 Å². The van der Waals surface area contributed by atoms with Gasteiger partial charge in [0, 0.05) is 0 Å². The van der Waals surface area contributed by atoms with Crippen molar-refractivity contribution in [2.24, 2.45) is 28.6 Å². The van der Waals surface area contributed by atoms with E-state index in [0.717, 1.165) is 17.8 Å². The molecule has 0 aromatic carbocycles. The molecule has 3 aliphatic carbocycles. The Morgan fingerprint density at radius 3 is 2.68 bits per heavy atom. The third-order valence-corrected chi connectivity index (χ3v) is 7.27. The average Bonchev–Trinajstić information content (AvgIpc) is 2.35. The summed E-state index contributed by atoms with van der Waals surface area (Å²) < 4.78 is 0. The largest absolute Gasteiger partial charge is 0.0950 e. The molecule has 0 aromatic rings. The van der Waals surface area contributed by atoms with Gasteiger partial charge in [0.1, 0.15) is 0 Å². The van der Waals surface area contributed by atoms with Crippen LogP contribution in [-0.4, -0.2) is 0 Å². The topological polar surface area (TPSA) is 0 Å². The van der Waals surface area contributed by atoms with Crippen molar-refractivity contribution in [3.8, 4) is 0 Å². The summed E-state index contributed by atoms with van der Waals surface area (Å²) in [5, 5.41) is 0. The summed E-state index contributed by atoms with van der Waals surface area (Å²) in [7, 11) is 0. The van der Waals surface area contributed by atoms with E-state index in [2.05, 4.69) is 40.3 Å². The predicted molar refractivity (Wildman–Crippen MR) is 83.0 cm³/mol. The summed E-state index contributed by atoms with van der Waals surface area (Å²) in [5.74, 6) is 2.72. The second-order valence-electron chi connectivity index (χ2n) is 8.09. The molecule has 2 saturated carbocycles. The number of rotatable bonds is 0. The summed E-state index contributed by atoms with van der Waals surface area (Å²) in [5.41, 5.74) is 3.85. The highest BCUT2D eigenvalue weighted by molar-refractivity contribution is 5.38. The van der Waals surface area contributed by atoms with Crippen LogP contribution in [0.25, 0.3) is 0 Å². The zero-order valence-corrected chi connectivity index (χ0v) is 13.3. The van der Waals surface area contributed by atoms with E-state index in [0.29, 0.717) is 10.8 Å². The van der Waals surface area contributed by atoms with Crippen molar-refractivity contribution >= 4 is 0 Å². The molecule has 0 heterocycles. The van der Waals surface area contributed by atoms with E-state index < -0.39 is 0 Å². The van der Waals surface area contributed by atoms with Gasteiger partial charge >= 0.3 is 0 Å². The van der Waals surface area contributed by atoms with Crippen LogP contribution in [0.3, 0.4) is 0 Å². The van der Waals surface area contributed by atoms with Gasteiger partial charge in [0.05, 0.1) is 0 Å². The van der Waals surface area contributed by atoms with E-state index in [1.807, 2.05) is 0 Å². The van der Waals surface area contributed by atoms with Crippen LogP contribution < -0.4 is 0 Å². The zero-order valence-electron chi connectivity index (χ0n) is 13.3. The molecule has 0 radical (unpaired) electrons. The van der Waals surface area contributed by atoms with Crippen LogP contribution in [0, 0.1) is 28.6 Å². The van der Waals surface area contributed by atoms with Crippen LogP contribution in [0.5, 0.6) is 0 Å². The quantitative estimate of drug-likeness (QED) is 0.519. The minimum atomic E-state index is 0.376. The molecule has 2 fully saturated rings. The fourth-order valence-corrected chi connectivity index (χ4v) is 6.00. The molecule has 3 rings (SSSR count). The average molecular weight is 258 g/mol. The van der Waals surface area contributed by atoms with Gasteiger partial charge in [-0.2, -0.15) is 0 Å². The molecule has 5 atom stereocenters. The van der Waals surface area contributed by atoms with E-state index in [9.17, 15) is 0 Å². The highest BCUT2D eigenvalue weighted by Crippen LogP contribution is 2.65. The van der Waals surface area contributed by atoms with Crippen molar-refractivity contribution in [3.63, 3.8) is 0 Å². The van der Waals surface area contributed by atoms with Gasteiger partial charge in [-0.1, -0.05) is 51.8 Å². The Hall–Kier alpha value is -0.520. The van der Waals surface area contributed by atoms with Gasteiger partial charge in [0.2, 0.25) is 0 Å². The summed E-state index contributed by atoms with van der Waals surface area (Å²) in [6.07, 6.45) is 10.9. The lowest BCUT2D eigenvalue weighted by Crippen LogP contribution is -2.53. The molecule has 19 heavy (non-hydrogen) atoms. The Balaban J connectivity index is 2.02. The second-order valence-corrected chi connectivity index (χ2v) is 8.09. The summed E-state index contributed by atoms with van der Waals surface area (Å²) in [6.45, 7) is 14.4. The lowest BCUT2D eigenvalue weighted by atomic mass is 9.43. The van der Waals surface area contributed by atoms with Crippen molar-refractivity contribution in [3.05, 3.63) is 23.8 Å². The van der Waals surface area contributed by atoms with Crippen LogP contribution in [0.15, 0.2) is 23.8 Å². The zero-order chi connectivity index (χ0) is 13.8. The molecule has 0 N–H and O–H groups in total. The number of allylic oxidation sites excluding steroid dienone is 3. The molecule has 106 valence electrons. The van der Waals surface area contributed by atoms with Crippen molar-refractivity contribution < 1.29 is 0 Å².